The minimum atomic E-state index is -0.254. The van der Waals surface area contributed by atoms with Gasteiger partial charge in [-0.15, -0.1) is 11.8 Å². The Morgan fingerprint density at radius 3 is 1.71 bits per heavy atom. The minimum absolute atomic E-state index is 0.172. The Morgan fingerprint density at radius 2 is 1.43 bits per heavy atom. The van der Waals surface area contributed by atoms with Crippen LogP contribution in [0.15, 0.2) is 0 Å². The third-order valence-electron chi connectivity index (χ3n) is 1.34. The van der Waals surface area contributed by atoms with E-state index in [-0.39, 0.29) is 15.2 Å². The summed E-state index contributed by atoms with van der Waals surface area (Å²) < 4.78 is 6.02. The fourth-order valence-electron chi connectivity index (χ4n) is 1.13. The molecule has 0 heterocycles. The molecule has 0 aliphatic carbocycles. The second-order valence-corrected chi connectivity index (χ2v) is 8.30. The highest BCUT2D eigenvalue weighted by Gasteiger charge is 2.28. The fraction of sp³-hybridized carbons (Fsp3) is 1.00. The Labute approximate surface area is 93.0 Å². The lowest BCUT2D eigenvalue weighted by atomic mass is 10.1. The van der Waals surface area contributed by atoms with Crippen molar-refractivity contribution in [1.29, 1.82) is 0 Å². The fourth-order valence-corrected chi connectivity index (χ4v) is 2.72. The van der Waals surface area contributed by atoms with Crippen molar-refractivity contribution in [2.24, 2.45) is 5.73 Å². The van der Waals surface area contributed by atoms with E-state index < -0.39 is 0 Å². The van der Waals surface area contributed by atoms with Gasteiger partial charge in [0, 0.05) is 10.3 Å². The number of nitrogens with two attached hydrogens (primary N) is 1. The lowest BCUT2D eigenvalue weighted by molar-refractivity contribution is 0.0256. The van der Waals surface area contributed by atoms with Gasteiger partial charge in [-0.2, -0.15) is 0 Å². The summed E-state index contributed by atoms with van der Waals surface area (Å²) in [6.45, 7) is 15.3. The second-order valence-electron chi connectivity index (χ2n) is 5.89. The van der Waals surface area contributed by atoms with Gasteiger partial charge >= 0.3 is 0 Å². The van der Waals surface area contributed by atoms with E-state index in [1.807, 2.05) is 25.6 Å². The monoisotopic (exact) mass is 219 g/mol. The van der Waals surface area contributed by atoms with Crippen molar-refractivity contribution in [2.75, 3.05) is 6.61 Å². The molecule has 0 spiro atoms. The summed E-state index contributed by atoms with van der Waals surface area (Å²) in [4.78, 5) is -0.172. The SMILES string of the molecule is CC(C)(N)COC(C)(C)SC(C)(C)C. The molecule has 2 N–H and O–H groups in total. The van der Waals surface area contributed by atoms with Crippen LogP contribution in [0.4, 0.5) is 0 Å². The Hall–Kier alpha value is 0.270. The first-order valence-corrected chi connectivity index (χ1v) is 5.86. The summed E-state index contributed by atoms with van der Waals surface area (Å²) >= 11 is 1.82. The molecule has 0 rings (SSSR count). The van der Waals surface area contributed by atoms with Crippen LogP contribution in [0.2, 0.25) is 0 Å². The van der Waals surface area contributed by atoms with Gasteiger partial charge in [0.15, 0.2) is 0 Å². The summed E-state index contributed by atoms with van der Waals surface area (Å²) in [6, 6.07) is 0. The van der Waals surface area contributed by atoms with Gasteiger partial charge in [0.1, 0.15) is 4.93 Å². The van der Waals surface area contributed by atoms with Crippen LogP contribution in [0.1, 0.15) is 48.5 Å². The van der Waals surface area contributed by atoms with E-state index in [4.69, 9.17) is 10.5 Å². The van der Waals surface area contributed by atoms with Crippen LogP contribution in [-0.4, -0.2) is 21.8 Å². The summed E-state index contributed by atoms with van der Waals surface area (Å²) in [5.41, 5.74) is 5.62. The molecule has 0 bridgehead atoms. The lowest BCUT2D eigenvalue weighted by Gasteiger charge is -2.34. The molecule has 0 aliphatic heterocycles. The third kappa shape index (κ3) is 8.85. The smallest absolute Gasteiger partial charge is 0.108 e. The van der Waals surface area contributed by atoms with Gasteiger partial charge < -0.3 is 10.5 Å². The van der Waals surface area contributed by atoms with Crippen molar-refractivity contribution < 1.29 is 4.74 Å². The second kappa shape index (κ2) is 4.42. The molecule has 0 amide bonds. The Kier molecular flexibility index (Phi) is 4.50. The highest BCUT2D eigenvalue weighted by Crippen LogP contribution is 2.37. The van der Waals surface area contributed by atoms with Gasteiger partial charge in [-0.05, 0) is 27.7 Å². The van der Waals surface area contributed by atoms with Crippen molar-refractivity contribution in [2.45, 2.75) is 63.7 Å². The largest absolute Gasteiger partial charge is 0.363 e. The van der Waals surface area contributed by atoms with E-state index in [1.54, 1.807) is 0 Å². The number of rotatable bonds is 4. The van der Waals surface area contributed by atoms with E-state index in [9.17, 15) is 0 Å². The van der Waals surface area contributed by atoms with Gasteiger partial charge in [-0.25, -0.2) is 0 Å². The molecule has 3 heteroatoms. The van der Waals surface area contributed by atoms with Crippen molar-refractivity contribution in [3.63, 3.8) is 0 Å². The molecular weight excluding hydrogens is 194 g/mol. The van der Waals surface area contributed by atoms with Crippen LogP contribution in [0.5, 0.6) is 0 Å². The molecule has 14 heavy (non-hydrogen) atoms. The molecule has 86 valence electrons. The maximum Gasteiger partial charge on any atom is 0.108 e. The highest BCUT2D eigenvalue weighted by molar-refractivity contribution is 8.01. The van der Waals surface area contributed by atoms with Crippen molar-refractivity contribution in [3.05, 3.63) is 0 Å². The van der Waals surface area contributed by atoms with Gasteiger partial charge in [-0.3, -0.25) is 0 Å². The van der Waals surface area contributed by atoms with Gasteiger partial charge in [0.2, 0.25) is 0 Å². The normalized spacial score (nSPS) is 14.6. The lowest BCUT2D eigenvalue weighted by Crippen LogP contribution is -2.41. The van der Waals surface area contributed by atoms with E-state index in [1.165, 1.54) is 0 Å². The molecule has 0 saturated carbocycles. The van der Waals surface area contributed by atoms with Crippen LogP contribution in [0.25, 0.3) is 0 Å². The molecule has 0 saturated heterocycles. The number of ether oxygens (including phenoxy) is 1. The molecule has 0 aromatic rings. The molecule has 0 radical (unpaired) electrons. The number of thioether (sulfide) groups is 1. The van der Waals surface area contributed by atoms with Crippen molar-refractivity contribution >= 4 is 11.8 Å². The zero-order chi connectivity index (χ0) is 11.6. The summed E-state index contributed by atoms with van der Waals surface area (Å²) in [5.74, 6) is 0. The van der Waals surface area contributed by atoms with E-state index in [0.717, 1.165) is 0 Å². The standard InChI is InChI=1S/C11H25NOS/c1-9(2,3)14-11(6,7)13-8-10(4,5)12/h8,12H2,1-7H3. The average molecular weight is 219 g/mol. The first kappa shape index (κ1) is 14.3. The van der Waals surface area contributed by atoms with Crippen LogP contribution in [-0.2, 0) is 4.74 Å². The van der Waals surface area contributed by atoms with Crippen LogP contribution in [0.3, 0.4) is 0 Å². The van der Waals surface area contributed by atoms with Crippen molar-refractivity contribution in [1.82, 2.24) is 0 Å². The first-order chi connectivity index (χ1) is 5.91. The van der Waals surface area contributed by atoms with Gasteiger partial charge in [0.05, 0.1) is 6.61 Å². The molecule has 0 fully saturated rings. The van der Waals surface area contributed by atoms with E-state index in [2.05, 4.69) is 34.6 Å². The molecular formula is C11H25NOS. The van der Waals surface area contributed by atoms with E-state index >= 15 is 0 Å². The average Bonchev–Trinajstić information content (AvgIpc) is 1.76. The quantitative estimate of drug-likeness (QED) is 0.738. The summed E-state index contributed by atoms with van der Waals surface area (Å²) in [5, 5.41) is 0. The maximum absolute atomic E-state index is 5.87. The molecule has 0 aromatic heterocycles. The topological polar surface area (TPSA) is 35.2 Å². The van der Waals surface area contributed by atoms with Gasteiger partial charge in [0.25, 0.3) is 0 Å². The van der Waals surface area contributed by atoms with E-state index in [0.29, 0.717) is 6.61 Å². The first-order valence-electron chi connectivity index (χ1n) is 5.04. The summed E-state index contributed by atoms with van der Waals surface area (Å²) in [7, 11) is 0. The third-order valence-corrected chi connectivity index (χ3v) is 2.57. The molecule has 0 aliphatic rings. The molecule has 0 aromatic carbocycles. The Morgan fingerprint density at radius 1 is 1.00 bits per heavy atom. The van der Waals surface area contributed by atoms with Crippen LogP contribution < -0.4 is 5.73 Å². The zero-order valence-electron chi connectivity index (χ0n) is 10.6. The molecule has 2 nitrogen and oxygen atoms in total. The predicted octanol–water partition coefficient (Wildman–Crippen LogP) is 3.01. The highest BCUT2D eigenvalue weighted by atomic mass is 32.2. The number of hydrogen-bond acceptors (Lipinski definition) is 3. The molecule has 0 unspecified atom stereocenters. The Balaban J connectivity index is 4.09. The summed E-state index contributed by atoms with van der Waals surface area (Å²) in [6.07, 6.45) is 0. The Bertz CT molecular complexity index is 177. The van der Waals surface area contributed by atoms with Gasteiger partial charge in [-0.1, -0.05) is 20.8 Å². The molecule has 0 atom stereocenters. The maximum atomic E-state index is 5.87. The van der Waals surface area contributed by atoms with Crippen LogP contribution in [0, 0.1) is 0 Å². The zero-order valence-corrected chi connectivity index (χ0v) is 11.4. The number of hydrogen-bond donors (Lipinski definition) is 1. The minimum Gasteiger partial charge on any atom is -0.363 e. The predicted molar refractivity (Wildman–Crippen MR) is 65.6 cm³/mol. The van der Waals surface area contributed by atoms with Crippen molar-refractivity contribution in [3.8, 4) is 0 Å². The van der Waals surface area contributed by atoms with Crippen LogP contribution >= 0.6 is 11.8 Å².